The number of halogens is 2. The summed E-state index contributed by atoms with van der Waals surface area (Å²) in [4.78, 5) is 38.2. The summed E-state index contributed by atoms with van der Waals surface area (Å²) in [5.41, 5.74) is 0.742. The third kappa shape index (κ3) is 6.86. The van der Waals surface area contributed by atoms with Crippen molar-refractivity contribution < 1.29 is 19.3 Å². The van der Waals surface area contributed by atoms with Gasteiger partial charge in [0.25, 0.3) is 17.5 Å². The van der Waals surface area contributed by atoms with Crippen LogP contribution in [0.25, 0.3) is 0 Å². The van der Waals surface area contributed by atoms with Crippen molar-refractivity contribution in [2.75, 3.05) is 11.9 Å². The van der Waals surface area contributed by atoms with Crippen molar-refractivity contribution in [1.82, 2.24) is 5.32 Å². The molecule has 0 aromatic heterocycles. The molecule has 0 spiro atoms. The van der Waals surface area contributed by atoms with Gasteiger partial charge in [0.2, 0.25) is 0 Å². The lowest BCUT2D eigenvalue weighted by Gasteiger charge is -2.06. The number of hydrogen-bond donors (Lipinski definition) is 2. The number of non-ortho nitro benzene ring substituents is 1. The fraction of sp³-hybridized carbons (Fsp3) is 0.118. The molecule has 0 heterocycles. The molecule has 0 unspecified atom stereocenters. The first kappa shape index (κ1) is 21.1. The second kappa shape index (κ2) is 10.2. The maximum absolute atomic E-state index is 11.7. The molecule has 2 aromatic carbocycles. The van der Waals surface area contributed by atoms with Gasteiger partial charge in [-0.05, 0) is 23.8 Å². The van der Waals surface area contributed by atoms with Crippen LogP contribution in [-0.2, 0) is 21.0 Å². The van der Waals surface area contributed by atoms with Crippen molar-refractivity contribution in [1.29, 1.82) is 0 Å². The third-order valence-corrected chi connectivity index (χ3v) is 3.84. The number of nitro benzene ring substituents is 1. The molecule has 0 saturated carbocycles. The number of rotatable bonds is 8. The minimum atomic E-state index is -0.672. The summed E-state index contributed by atoms with van der Waals surface area (Å²) in [6, 6.07) is 10.3. The highest BCUT2D eigenvalue weighted by Crippen LogP contribution is 2.20. The lowest BCUT2D eigenvalue weighted by Crippen LogP contribution is -2.26. The van der Waals surface area contributed by atoms with Crippen molar-refractivity contribution in [2.24, 2.45) is 5.16 Å². The summed E-state index contributed by atoms with van der Waals surface area (Å²) in [6.07, 6.45) is 0.808. The number of nitrogens with one attached hydrogen (secondary N) is 2. The molecule has 0 fully saturated rings. The lowest BCUT2D eigenvalue weighted by molar-refractivity contribution is -0.384. The molecule has 0 saturated heterocycles. The van der Waals surface area contributed by atoms with Crippen LogP contribution in [0.5, 0.6) is 0 Å². The number of benzene rings is 2. The first-order chi connectivity index (χ1) is 13.3. The number of hydrogen-bond acceptors (Lipinski definition) is 6. The lowest BCUT2D eigenvalue weighted by atomic mass is 10.2. The molecule has 0 aliphatic carbocycles. The van der Waals surface area contributed by atoms with Crippen LogP contribution in [0.3, 0.4) is 0 Å². The smallest absolute Gasteiger partial charge is 0.271 e. The molecule has 11 heteroatoms. The Balaban J connectivity index is 1.73. The Morgan fingerprint density at radius 1 is 1.21 bits per heavy atom. The maximum atomic E-state index is 11.7. The molecule has 28 heavy (non-hydrogen) atoms. The largest absolute Gasteiger partial charge is 0.386 e. The molecule has 0 aliphatic rings. The Kier molecular flexibility index (Phi) is 7.73. The second-order valence-electron chi connectivity index (χ2n) is 5.32. The molecule has 146 valence electrons. The number of carbonyl (C=O) groups is 2. The summed E-state index contributed by atoms with van der Waals surface area (Å²) in [7, 11) is 0. The number of carbonyl (C=O) groups excluding carboxylic acids is 2. The van der Waals surface area contributed by atoms with E-state index in [2.05, 4.69) is 15.8 Å². The Morgan fingerprint density at radius 3 is 2.71 bits per heavy atom. The molecular formula is C17H14Cl2N4O5. The predicted molar refractivity (Wildman–Crippen MR) is 104 cm³/mol. The third-order valence-electron chi connectivity index (χ3n) is 3.26. The van der Waals surface area contributed by atoms with Crippen LogP contribution in [0.4, 0.5) is 11.4 Å². The van der Waals surface area contributed by atoms with Crippen LogP contribution >= 0.6 is 23.2 Å². The van der Waals surface area contributed by atoms with E-state index >= 15 is 0 Å². The van der Waals surface area contributed by atoms with Crippen molar-refractivity contribution in [2.45, 2.75) is 6.54 Å². The number of oxime groups is 1. The van der Waals surface area contributed by atoms with Gasteiger partial charge < -0.3 is 15.5 Å². The van der Waals surface area contributed by atoms with Crippen LogP contribution in [0.1, 0.15) is 5.56 Å². The summed E-state index contributed by atoms with van der Waals surface area (Å²) >= 11 is 11.8. The standard InChI is InChI=1S/C17H14Cl2N4O5/c18-12-5-4-11(15(19)6-12)8-20-17(25)10-28-21-9-16(24)22-13-2-1-3-14(7-13)23(26)27/h1-7,9H,8,10H2,(H,20,25)(H,22,24)/b21-9+. The fourth-order valence-corrected chi connectivity index (χ4v) is 2.44. The first-order valence-corrected chi connectivity index (χ1v) is 8.52. The molecule has 0 atom stereocenters. The molecule has 0 radical (unpaired) electrons. The van der Waals surface area contributed by atoms with Gasteiger partial charge in [-0.25, -0.2) is 0 Å². The molecule has 2 aromatic rings. The van der Waals surface area contributed by atoms with E-state index in [9.17, 15) is 19.7 Å². The van der Waals surface area contributed by atoms with Gasteiger partial charge in [0.15, 0.2) is 6.61 Å². The highest BCUT2D eigenvalue weighted by Gasteiger charge is 2.08. The van der Waals surface area contributed by atoms with Crippen LogP contribution in [0.2, 0.25) is 10.0 Å². The molecule has 0 aliphatic heterocycles. The summed E-state index contributed by atoms with van der Waals surface area (Å²) < 4.78 is 0. The topological polar surface area (TPSA) is 123 Å². The minimum absolute atomic E-state index is 0.163. The van der Waals surface area contributed by atoms with E-state index in [1.54, 1.807) is 18.2 Å². The highest BCUT2D eigenvalue weighted by molar-refractivity contribution is 6.35. The van der Waals surface area contributed by atoms with E-state index in [-0.39, 0.29) is 17.9 Å². The van der Waals surface area contributed by atoms with E-state index in [0.717, 1.165) is 6.21 Å². The quantitative estimate of drug-likeness (QED) is 0.382. The van der Waals surface area contributed by atoms with Crippen LogP contribution in [0, 0.1) is 10.1 Å². The first-order valence-electron chi connectivity index (χ1n) is 7.76. The van der Waals surface area contributed by atoms with E-state index in [0.29, 0.717) is 15.6 Å². The van der Waals surface area contributed by atoms with Crippen LogP contribution < -0.4 is 10.6 Å². The maximum Gasteiger partial charge on any atom is 0.271 e. The van der Waals surface area contributed by atoms with Gasteiger partial charge in [-0.15, -0.1) is 0 Å². The van der Waals surface area contributed by atoms with Gasteiger partial charge in [-0.1, -0.05) is 40.5 Å². The Morgan fingerprint density at radius 2 is 2.00 bits per heavy atom. The van der Waals surface area contributed by atoms with Gasteiger partial charge in [0.1, 0.15) is 6.21 Å². The zero-order valence-corrected chi connectivity index (χ0v) is 15.7. The Bertz CT molecular complexity index is 920. The number of amides is 2. The zero-order valence-electron chi connectivity index (χ0n) is 14.2. The fourth-order valence-electron chi connectivity index (χ4n) is 1.96. The minimum Gasteiger partial charge on any atom is -0.386 e. The molecule has 2 N–H and O–H groups in total. The van der Waals surface area contributed by atoms with Crippen LogP contribution in [0.15, 0.2) is 47.6 Å². The molecule has 9 nitrogen and oxygen atoms in total. The Labute approximate surface area is 169 Å². The van der Waals surface area contributed by atoms with E-state index in [1.807, 2.05) is 0 Å². The van der Waals surface area contributed by atoms with Gasteiger partial charge in [0.05, 0.1) is 4.92 Å². The zero-order chi connectivity index (χ0) is 20.5. The van der Waals surface area contributed by atoms with Gasteiger partial charge in [0, 0.05) is 34.4 Å². The van der Waals surface area contributed by atoms with Gasteiger partial charge >= 0.3 is 0 Å². The summed E-state index contributed by atoms with van der Waals surface area (Å²) in [5, 5.41) is 19.9. The molecule has 0 bridgehead atoms. The van der Waals surface area contributed by atoms with Gasteiger partial charge in [-0.3, -0.25) is 19.7 Å². The van der Waals surface area contributed by atoms with Crippen molar-refractivity contribution in [3.05, 3.63) is 68.2 Å². The van der Waals surface area contributed by atoms with Crippen molar-refractivity contribution >= 4 is 52.6 Å². The average Bonchev–Trinajstić information content (AvgIpc) is 2.64. The monoisotopic (exact) mass is 424 g/mol. The molecular weight excluding hydrogens is 411 g/mol. The summed E-state index contributed by atoms with van der Waals surface area (Å²) in [5.74, 6) is -1.14. The van der Waals surface area contributed by atoms with Crippen molar-refractivity contribution in [3.8, 4) is 0 Å². The van der Waals surface area contributed by atoms with Crippen LogP contribution in [-0.4, -0.2) is 29.6 Å². The van der Waals surface area contributed by atoms with E-state index in [4.69, 9.17) is 28.0 Å². The average molecular weight is 425 g/mol. The SMILES string of the molecule is O=C(/C=N/OCC(=O)NCc1ccc(Cl)cc1Cl)Nc1cccc([N+](=O)[O-])c1. The van der Waals surface area contributed by atoms with Crippen molar-refractivity contribution in [3.63, 3.8) is 0 Å². The van der Waals surface area contributed by atoms with Gasteiger partial charge in [-0.2, -0.15) is 0 Å². The number of nitro groups is 1. The second-order valence-corrected chi connectivity index (χ2v) is 6.16. The van der Waals surface area contributed by atoms with E-state index in [1.165, 1.54) is 24.3 Å². The number of nitrogens with zero attached hydrogens (tertiary/aromatic N) is 2. The molecule has 2 rings (SSSR count). The predicted octanol–water partition coefficient (Wildman–Crippen LogP) is 3.16. The summed E-state index contributed by atoms with van der Waals surface area (Å²) in [6.45, 7) is -0.235. The highest BCUT2D eigenvalue weighted by atomic mass is 35.5. The normalized spacial score (nSPS) is 10.5. The number of anilines is 1. The Hall–Kier alpha value is -3.17. The molecule has 2 amide bonds. The van der Waals surface area contributed by atoms with E-state index < -0.39 is 23.3 Å².